The molecule has 0 aliphatic heterocycles. The first-order valence-corrected chi connectivity index (χ1v) is 9.45. The molecule has 0 saturated heterocycles. The standard InChI is InChI=1S/C24H27FO3/c1-6-8-17-24(7-2,28-22(26)23(3,4)5)18-9-13-20(14-10-18)27-21-15-11-19(25)12-16-21/h2,9-16H,6,8,17H2,1,3-5H3. The Bertz CT molecular complexity index is 826. The van der Waals surface area contributed by atoms with E-state index in [1.165, 1.54) is 12.1 Å². The fourth-order valence-corrected chi connectivity index (χ4v) is 2.61. The van der Waals surface area contributed by atoms with E-state index in [4.69, 9.17) is 15.9 Å². The molecule has 0 aliphatic rings. The summed E-state index contributed by atoms with van der Waals surface area (Å²) in [7, 11) is 0. The maximum absolute atomic E-state index is 13.0. The molecule has 1 atom stereocenters. The van der Waals surface area contributed by atoms with Crippen LogP contribution in [-0.2, 0) is 15.1 Å². The van der Waals surface area contributed by atoms with E-state index >= 15 is 0 Å². The highest BCUT2D eigenvalue weighted by Crippen LogP contribution is 2.35. The summed E-state index contributed by atoms with van der Waals surface area (Å²) >= 11 is 0. The van der Waals surface area contributed by atoms with Gasteiger partial charge in [0, 0.05) is 12.0 Å². The van der Waals surface area contributed by atoms with Gasteiger partial charge in [0.05, 0.1) is 5.41 Å². The molecule has 0 N–H and O–H groups in total. The molecule has 0 fully saturated rings. The van der Waals surface area contributed by atoms with Crippen molar-refractivity contribution in [1.29, 1.82) is 0 Å². The van der Waals surface area contributed by atoms with Crippen molar-refractivity contribution in [2.45, 2.75) is 52.6 Å². The van der Waals surface area contributed by atoms with E-state index in [-0.39, 0.29) is 11.8 Å². The minimum Gasteiger partial charge on any atom is -0.457 e. The van der Waals surface area contributed by atoms with Gasteiger partial charge in [0.1, 0.15) is 17.3 Å². The highest BCUT2D eigenvalue weighted by Gasteiger charge is 2.37. The third kappa shape index (κ3) is 5.36. The first-order valence-electron chi connectivity index (χ1n) is 9.45. The van der Waals surface area contributed by atoms with Gasteiger partial charge in [0.15, 0.2) is 5.60 Å². The molecule has 0 radical (unpaired) electrons. The molecule has 2 aromatic rings. The molecule has 0 bridgehead atoms. The summed E-state index contributed by atoms with van der Waals surface area (Å²) in [6, 6.07) is 12.9. The number of unbranched alkanes of at least 4 members (excludes halogenated alkanes) is 1. The van der Waals surface area contributed by atoms with Gasteiger partial charge in [-0.3, -0.25) is 4.79 Å². The van der Waals surface area contributed by atoms with Gasteiger partial charge in [-0.05, 0) is 63.6 Å². The lowest BCUT2D eigenvalue weighted by Crippen LogP contribution is -2.36. The number of esters is 1. The van der Waals surface area contributed by atoms with Crippen LogP contribution in [-0.4, -0.2) is 5.97 Å². The number of hydrogen-bond donors (Lipinski definition) is 0. The van der Waals surface area contributed by atoms with Crippen LogP contribution < -0.4 is 4.74 Å². The van der Waals surface area contributed by atoms with E-state index in [9.17, 15) is 9.18 Å². The molecule has 0 aromatic heterocycles. The van der Waals surface area contributed by atoms with Crippen molar-refractivity contribution in [2.24, 2.45) is 5.41 Å². The van der Waals surface area contributed by atoms with Crippen LogP contribution in [0.25, 0.3) is 0 Å². The molecular weight excluding hydrogens is 355 g/mol. The van der Waals surface area contributed by atoms with Crippen molar-refractivity contribution in [2.75, 3.05) is 0 Å². The molecule has 2 aromatic carbocycles. The predicted molar refractivity (Wildman–Crippen MR) is 108 cm³/mol. The summed E-state index contributed by atoms with van der Waals surface area (Å²) in [6.45, 7) is 7.47. The van der Waals surface area contributed by atoms with Crippen molar-refractivity contribution in [1.82, 2.24) is 0 Å². The third-order valence-corrected chi connectivity index (χ3v) is 4.36. The lowest BCUT2D eigenvalue weighted by molar-refractivity contribution is -0.165. The van der Waals surface area contributed by atoms with Crippen molar-refractivity contribution < 1.29 is 18.7 Å². The van der Waals surface area contributed by atoms with E-state index in [1.54, 1.807) is 45.0 Å². The monoisotopic (exact) mass is 382 g/mol. The second-order valence-electron chi connectivity index (χ2n) is 7.79. The SMILES string of the molecule is C#CC(CCCC)(OC(=O)C(C)(C)C)c1ccc(Oc2ccc(F)cc2)cc1. The zero-order valence-electron chi connectivity index (χ0n) is 16.9. The number of carbonyl (C=O) groups excluding carboxylic acids is 1. The number of ether oxygens (including phenoxy) is 2. The molecule has 0 spiro atoms. The highest BCUT2D eigenvalue weighted by atomic mass is 19.1. The van der Waals surface area contributed by atoms with Crippen LogP contribution in [0.2, 0.25) is 0 Å². The second kappa shape index (κ2) is 8.93. The van der Waals surface area contributed by atoms with Crippen LogP contribution in [0.1, 0.15) is 52.5 Å². The van der Waals surface area contributed by atoms with Gasteiger partial charge < -0.3 is 9.47 Å². The Hall–Kier alpha value is -2.80. The Morgan fingerprint density at radius 2 is 1.57 bits per heavy atom. The van der Waals surface area contributed by atoms with Gasteiger partial charge >= 0.3 is 5.97 Å². The summed E-state index contributed by atoms with van der Waals surface area (Å²) in [5.41, 5.74) is -1.04. The lowest BCUT2D eigenvalue weighted by Gasteiger charge is -2.32. The summed E-state index contributed by atoms with van der Waals surface area (Å²) in [4.78, 5) is 12.5. The summed E-state index contributed by atoms with van der Waals surface area (Å²) in [5.74, 6) is 3.17. The molecule has 0 saturated carbocycles. The Labute approximate surface area is 166 Å². The van der Waals surface area contributed by atoms with E-state index in [1.807, 2.05) is 12.1 Å². The Morgan fingerprint density at radius 3 is 2.04 bits per heavy atom. The van der Waals surface area contributed by atoms with Crippen LogP contribution in [0, 0.1) is 23.6 Å². The molecule has 148 valence electrons. The predicted octanol–water partition coefficient (Wildman–Crippen LogP) is 6.23. The van der Waals surface area contributed by atoms with Gasteiger partial charge in [0.2, 0.25) is 0 Å². The fraction of sp³-hybridized carbons (Fsp3) is 0.375. The van der Waals surface area contributed by atoms with E-state index in [0.717, 1.165) is 18.4 Å². The molecule has 4 heteroatoms. The molecule has 3 nitrogen and oxygen atoms in total. The molecule has 0 amide bonds. The molecule has 1 unspecified atom stereocenters. The zero-order chi connectivity index (χ0) is 20.8. The van der Waals surface area contributed by atoms with Crippen LogP contribution in [0.5, 0.6) is 11.5 Å². The van der Waals surface area contributed by atoms with Crippen LogP contribution in [0.3, 0.4) is 0 Å². The number of rotatable bonds is 7. The first-order chi connectivity index (χ1) is 13.2. The van der Waals surface area contributed by atoms with Gasteiger partial charge in [-0.2, -0.15) is 0 Å². The fourth-order valence-electron chi connectivity index (χ4n) is 2.61. The Morgan fingerprint density at radius 1 is 1.04 bits per heavy atom. The zero-order valence-corrected chi connectivity index (χ0v) is 16.9. The number of terminal acetylenes is 1. The lowest BCUT2D eigenvalue weighted by atomic mass is 9.88. The van der Waals surface area contributed by atoms with Crippen LogP contribution in [0.15, 0.2) is 48.5 Å². The summed E-state index contributed by atoms with van der Waals surface area (Å²) in [5, 5.41) is 0. The largest absolute Gasteiger partial charge is 0.457 e. The van der Waals surface area contributed by atoms with Crippen LogP contribution >= 0.6 is 0 Å². The molecule has 0 heterocycles. The minimum atomic E-state index is -1.12. The topological polar surface area (TPSA) is 35.5 Å². The van der Waals surface area contributed by atoms with Gasteiger partial charge in [0.25, 0.3) is 0 Å². The highest BCUT2D eigenvalue weighted by molar-refractivity contribution is 5.76. The van der Waals surface area contributed by atoms with Crippen molar-refractivity contribution in [3.63, 3.8) is 0 Å². The quantitative estimate of drug-likeness (QED) is 0.421. The molecular formula is C24H27FO3. The van der Waals surface area contributed by atoms with Crippen molar-refractivity contribution in [3.05, 3.63) is 59.9 Å². The van der Waals surface area contributed by atoms with E-state index in [2.05, 4.69) is 12.8 Å². The van der Waals surface area contributed by atoms with Crippen LogP contribution in [0.4, 0.5) is 4.39 Å². The average Bonchev–Trinajstić information content (AvgIpc) is 2.67. The number of carbonyl (C=O) groups is 1. The normalized spacial score (nSPS) is 13.3. The van der Waals surface area contributed by atoms with Crippen molar-refractivity contribution in [3.8, 4) is 23.8 Å². The maximum Gasteiger partial charge on any atom is 0.313 e. The third-order valence-electron chi connectivity index (χ3n) is 4.36. The van der Waals surface area contributed by atoms with Gasteiger partial charge in [-0.15, -0.1) is 6.42 Å². The Balaban J connectivity index is 2.28. The number of hydrogen-bond acceptors (Lipinski definition) is 3. The number of halogens is 1. The minimum absolute atomic E-state index is 0.321. The first kappa shape index (κ1) is 21.5. The Kier molecular flexibility index (Phi) is 6.85. The molecule has 28 heavy (non-hydrogen) atoms. The number of benzene rings is 2. The van der Waals surface area contributed by atoms with E-state index in [0.29, 0.717) is 17.9 Å². The van der Waals surface area contributed by atoms with Crippen molar-refractivity contribution >= 4 is 5.97 Å². The smallest absolute Gasteiger partial charge is 0.313 e. The second-order valence-corrected chi connectivity index (χ2v) is 7.79. The molecule has 0 aliphatic carbocycles. The average molecular weight is 382 g/mol. The van der Waals surface area contributed by atoms with Gasteiger partial charge in [-0.25, -0.2) is 4.39 Å². The summed E-state index contributed by atoms with van der Waals surface area (Å²) < 4.78 is 24.6. The molecule has 2 rings (SSSR count). The van der Waals surface area contributed by atoms with E-state index < -0.39 is 11.0 Å². The maximum atomic E-state index is 13.0. The van der Waals surface area contributed by atoms with Gasteiger partial charge in [-0.1, -0.05) is 31.4 Å². The summed E-state index contributed by atoms with van der Waals surface area (Å²) in [6.07, 6.45) is 8.16.